The summed E-state index contributed by atoms with van der Waals surface area (Å²) >= 11 is 0. The first-order valence-corrected chi connectivity index (χ1v) is 3.67. The van der Waals surface area contributed by atoms with E-state index in [1.165, 1.54) is 6.92 Å². The maximum Gasteiger partial charge on any atom is 0.261 e. The van der Waals surface area contributed by atoms with Gasteiger partial charge in [0.25, 0.3) is 5.91 Å². The Kier molecular flexibility index (Phi) is 2.69. The van der Waals surface area contributed by atoms with E-state index in [0.29, 0.717) is 5.69 Å². The van der Waals surface area contributed by atoms with Gasteiger partial charge in [-0.3, -0.25) is 4.79 Å². The Morgan fingerprint density at radius 1 is 1.25 bits per heavy atom. The molecule has 0 N–H and O–H groups in total. The number of carbonyl (C=O) groups is 1. The van der Waals surface area contributed by atoms with Gasteiger partial charge in [0.15, 0.2) is 0 Å². The lowest BCUT2D eigenvalue weighted by molar-refractivity contribution is -0.116. The van der Waals surface area contributed by atoms with Crippen molar-refractivity contribution >= 4 is 11.6 Å². The lowest BCUT2D eigenvalue weighted by atomic mass is 10.2. The molecule has 0 fully saturated rings. The second-order valence-electron chi connectivity index (χ2n) is 2.55. The van der Waals surface area contributed by atoms with Crippen molar-refractivity contribution in [2.45, 2.75) is 13.8 Å². The molecule has 3 heteroatoms. The minimum Gasteiger partial charge on any atom is -0.271 e. The first kappa shape index (κ1) is 8.59. The highest BCUT2D eigenvalue weighted by molar-refractivity contribution is 5.73. The highest BCUT2D eigenvalue weighted by Gasteiger charge is 1.88. The van der Waals surface area contributed by atoms with E-state index in [1.807, 2.05) is 31.2 Å². The topological polar surface area (TPSA) is 41.8 Å². The van der Waals surface area contributed by atoms with Crippen molar-refractivity contribution in [3.63, 3.8) is 0 Å². The predicted octanol–water partition coefficient (Wildman–Crippen LogP) is 2.63. The van der Waals surface area contributed by atoms with Crippen molar-refractivity contribution in [3.8, 4) is 0 Å². The van der Waals surface area contributed by atoms with Crippen LogP contribution in [-0.2, 0) is 4.79 Å². The van der Waals surface area contributed by atoms with E-state index < -0.39 is 0 Å². The fourth-order valence-electron chi connectivity index (χ4n) is 0.740. The lowest BCUT2D eigenvalue weighted by Gasteiger charge is -1.91. The van der Waals surface area contributed by atoms with Gasteiger partial charge in [0.2, 0.25) is 0 Å². The minimum atomic E-state index is -0.282. The molecule has 0 heterocycles. The van der Waals surface area contributed by atoms with Crippen LogP contribution in [0.5, 0.6) is 0 Å². The van der Waals surface area contributed by atoms with Crippen molar-refractivity contribution in [1.82, 2.24) is 0 Å². The summed E-state index contributed by atoms with van der Waals surface area (Å²) in [6.45, 7) is 3.36. The molecule has 0 spiro atoms. The van der Waals surface area contributed by atoms with Crippen LogP contribution in [0.4, 0.5) is 5.69 Å². The van der Waals surface area contributed by atoms with Crippen LogP contribution in [0, 0.1) is 6.92 Å². The molecule has 1 amide bonds. The predicted molar refractivity (Wildman–Crippen MR) is 46.4 cm³/mol. The Balaban J connectivity index is 2.77. The quantitative estimate of drug-likeness (QED) is 0.585. The maximum atomic E-state index is 10.4. The van der Waals surface area contributed by atoms with Gasteiger partial charge >= 0.3 is 0 Å². The zero-order valence-electron chi connectivity index (χ0n) is 7.11. The highest BCUT2D eigenvalue weighted by atomic mass is 16.1. The first-order valence-electron chi connectivity index (χ1n) is 3.67. The molecule has 0 saturated heterocycles. The van der Waals surface area contributed by atoms with Gasteiger partial charge in [0, 0.05) is 6.92 Å². The number of amides is 1. The molecule has 0 aliphatic rings. The fraction of sp³-hybridized carbons (Fsp3) is 0.222. The normalized spacial score (nSPS) is 10.5. The third-order valence-electron chi connectivity index (χ3n) is 1.34. The molecule has 1 aromatic rings. The summed E-state index contributed by atoms with van der Waals surface area (Å²) in [5.41, 5.74) is 1.87. The Bertz CT molecular complexity index is 301. The Labute approximate surface area is 71.1 Å². The van der Waals surface area contributed by atoms with Crippen LogP contribution in [0.1, 0.15) is 12.5 Å². The molecule has 0 radical (unpaired) electrons. The summed E-state index contributed by atoms with van der Waals surface area (Å²) < 4.78 is 0. The number of benzene rings is 1. The van der Waals surface area contributed by atoms with Crippen LogP contribution in [-0.4, -0.2) is 5.91 Å². The third-order valence-corrected chi connectivity index (χ3v) is 1.34. The Morgan fingerprint density at radius 3 is 2.33 bits per heavy atom. The zero-order chi connectivity index (χ0) is 8.97. The molecule has 1 aromatic carbocycles. The number of aryl methyl sites for hydroxylation is 1. The van der Waals surface area contributed by atoms with Crippen molar-refractivity contribution in [2.24, 2.45) is 10.2 Å². The smallest absolute Gasteiger partial charge is 0.261 e. The summed E-state index contributed by atoms with van der Waals surface area (Å²) in [5, 5.41) is 7.13. The molecule has 3 nitrogen and oxygen atoms in total. The SMILES string of the molecule is CC(=O)N=Nc1ccc(C)cc1. The Morgan fingerprint density at radius 2 is 1.83 bits per heavy atom. The van der Waals surface area contributed by atoms with Crippen LogP contribution >= 0.6 is 0 Å². The van der Waals surface area contributed by atoms with E-state index in [-0.39, 0.29) is 5.91 Å². The van der Waals surface area contributed by atoms with Gasteiger partial charge in [0.1, 0.15) is 0 Å². The largest absolute Gasteiger partial charge is 0.271 e. The first-order chi connectivity index (χ1) is 5.68. The van der Waals surface area contributed by atoms with E-state index in [0.717, 1.165) is 5.56 Å². The summed E-state index contributed by atoms with van der Waals surface area (Å²) in [6.07, 6.45) is 0. The van der Waals surface area contributed by atoms with Gasteiger partial charge in [-0.05, 0) is 19.1 Å². The second-order valence-corrected chi connectivity index (χ2v) is 2.55. The molecule has 12 heavy (non-hydrogen) atoms. The van der Waals surface area contributed by atoms with Gasteiger partial charge in [-0.25, -0.2) is 0 Å². The van der Waals surface area contributed by atoms with Crippen LogP contribution in [0.2, 0.25) is 0 Å². The molecule has 0 aliphatic carbocycles. The van der Waals surface area contributed by atoms with E-state index in [1.54, 1.807) is 0 Å². The number of azo groups is 1. The maximum absolute atomic E-state index is 10.4. The molecule has 0 aromatic heterocycles. The molecule has 0 bridgehead atoms. The lowest BCUT2D eigenvalue weighted by Crippen LogP contribution is -1.77. The van der Waals surface area contributed by atoms with E-state index >= 15 is 0 Å². The van der Waals surface area contributed by atoms with E-state index in [4.69, 9.17) is 0 Å². The third kappa shape index (κ3) is 2.62. The summed E-state index contributed by atoms with van der Waals surface area (Å²) in [7, 11) is 0. The molecule has 0 unspecified atom stereocenters. The minimum absolute atomic E-state index is 0.282. The molecule has 0 atom stereocenters. The number of hydrogen-bond donors (Lipinski definition) is 0. The van der Waals surface area contributed by atoms with Crippen LogP contribution in [0.25, 0.3) is 0 Å². The average molecular weight is 162 g/mol. The zero-order valence-corrected chi connectivity index (χ0v) is 7.11. The van der Waals surface area contributed by atoms with Crippen LogP contribution < -0.4 is 0 Å². The molecule has 62 valence electrons. The number of nitrogens with zero attached hydrogens (tertiary/aromatic N) is 2. The Hall–Kier alpha value is -1.51. The molecular formula is C9H10N2O. The molecule has 0 saturated carbocycles. The van der Waals surface area contributed by atoms with Gasteiger partial charge in [-0.2, -0.15) is 0 Å². The summed E-state index contributed by atoms with van der Waals surface area (Å²) in [5.74, 6) is -0.282. The average Bonchev–Trinajstić information content (AvgIpc) is 2.03. The van der Waals surface area contributed by atoms with Crippen LogP contribution in [0.15, 0.2) is 34.5 Å². The van der Waals surface area contributed by atoms with Gasteiger partial charge in [0.05, 0.1) is 5.69 Å². The molecular weight excluding hydrogens is 152 g/mol. The second kappa shape index (κ2) is 3.76. The summed E-state index contributed by atoms with van der Waals surface area (Å²) in [4.78, 5) is 10.4. The summed E-state index contributed by atoms with van der Waals surface area (Å²) in [6, 6.07) is 7.49. The molecule has 1 rings (SSSR count). The number of rotatable bonds is 1. The fourth-order valence-corrected chi connectivity index (χ4v) is 0.740. The van der Waals surface area contributed by atoms with Crippen LogP contribution in [0.3, 0.4) is 0 Å². The van der Waals surface area contributed by atoms with Gasteiger partial charge < -0.3 is 0 Å². The number of carbonyl (C=O) groups excluding carboxylic acids is 1. The molecule has 0 aliphatic heterocycles. The highest BCUT2D eigenvalue weighted by Crippen LogP contribution is 2.12. The van der Waals surface area contributed by atoms with Crippen molar-refractivity contribution in [1.29, 1.82) is 0 Å². The standard InChI is InChI=1S/C9H10N2O/c1-7-3-5-9(6-4-7)11-10-8(2)12/h3-6H,1-2H3. The van der Waals surface area contributed by atoms with Crippen molar-refractivity contribution in [3.05, 3.63) is 29.8 Å². The monoisotopic (exact) mass is 162 g/mol. The van der Waals surface area contributed by atoms with Gasteiger partial charge in [-0.1, -0.05) is 17.7 Å². The van der Waals surface area contributed by atoms with Gasteiger partial charge in [-0.15, -0.1) is 10.2 Å². The van der Waals surface area contributed by atoms with E-state index in [9.17, 15) is 4.79 Å². The van der Waals surface area contributed by atoms with Crippen molar-refractivity contribution < 1.29 is 4.79 Å². The number of hydrogen-bond acceptors (Lipinski definition) is 2. The van der Waals surface area contributed by atoms with E-state index in [2.05, 4.69) is 10.2 Å². The van der Waals surface area contributed by atoms with Crippen molar-refractivity contribution in [2.75, 3.05) is 0 Å².